The molecule has 2 N–H and O–H groups in total. The molecule has 6 nitrogen and oxygen atoms in total. The molecule has 0 aliphatic carbocycles. The number of anilines is 1. The lowest BCUT2D eigenvalue weighted by molar-refractivity contribution is 0.0741. The van der Waals surface area contributed by atoms with Crippen molar-refractivity contribution in [2.24, 2.45) is 5.73 Å². The molecular formula is C26H30Cl2FN3O3. The summed E-state index contributed by atoms with van der Waals surface area (Å²) in [6, 6.07) is 19.7. The summed E-state index contributed by atoms with van der Waals surface area (Å²) in [5.41, 5.74) is 7.79. The van der Waals surface area contributed by atoms with E-state index in [4.69, 9.17) is 15.2 Å². The highest BCUT2D eigenvalue weighted by Gasteiger charge is 2.25. The Hall–Kier alpha value is -3.00. The second kappa shape index (κ2) is 13.2. The molecule has 3 aromatic carbocycles. The summed E-state index contributed by atoms with van der Waals surface area (Å²) in [5.74, 6) is 0.961. The van der Waals surface area contributed by atoms with Gasteiger partial charge in [-0.25, -0.2) is 4.39 Å². The maximum Gasteiger partial charge on any atom is 0.257 e. The number of methoxy groups -OCH3 is 1. The molecule has 1 fully saturated rings. The zero-order valence-electron chi connectivity index (χ0n) is 19.5. The lowest BCUT2D eigenvalue weighted by Gasteiger charge is -2.36. The first-order valence-corrected chi connectivity index (χ1v) is 11.0. The van der Waals surface area contributed by atoms with Crippen LogP contribution in [0.2, 0.25) is 0 Å². The Morgan fingerprint density at radius 3 is 2.09 bits per heavy atom. The summed E-state index contributed by atoms with van der Waals surface area (Å²) in [5, 5.41) is 0. The summed E-state index contributed by atoms with van der Waals surface area (Å²) in [6.45, 7) is 2.95. The van der Waals surface area contributed by atoms with Crippen molar-refractivity contribution >= 4 is 36.4 Å². The molecule has 1 aliphatic rings. The molecule has 0 saturated carbocycles. The van der Waals surface area contributed by atoms with Crippen LogP contribution in [0, 0.1) is 5.82 Å². The third-order valence-electron chi connectivity index (χ3n) is 5.76. The maximum atomic E-state index is 14.5. The maximum absolute atomic E-state index is 14.5. The quantitative estimate of drug-likeness (QED) is 0.477. The number of nitrogens with two attached hydrogens (primary N) is 1. The third-order valence-corrected chi connectivity index (χ3v) is 5.76. The molecule has 35 heavy (non-hydrogen) atoms. The average Bonchev–Trinajstić information content (AvgIpc) is 2.86. The van der Waals surface area contributed by atoms with Crippen LogP contribution in [0.4, 0.5) is 10.1 Å². The second-order valence-corrected chi connectivity index (χ2v) is 7.90. The molecule has 4 rings (SSSR count). The van der Waals surface area contributed by atoms with Crippen LogP contribution in [-0.2, 0) is 6.42 Å². The lowest BCUT2D eigenvalue weighted by Crippen LogP contribution is -2.49. The summed E-state index contributed by atoms with van der Waals surface area (Å²) >= 11 is 0. The predicted octanol–water partition coefficient (Wildman–Crippen LogP) is 4.93. The summed E-state index contributed by atoms with van der Waals surface area (Å²) in [4.78, 5) is 16.9. The van der Waals surface area contributed by atoms with Crippen LogP contribution in [0.1, 0.15) is 15.9 Å². The van der Waals surface area contributed by atoms with Gasteiger partial charge in [0.25, 0.3) is 5.91 Å². The van der Waals surface area contributed by atoms with Gasteiger partial charge < -0.3 is 25.0 Å². The number of amides is 1. The Balaban J connectivity index is 0.00000216. The molecule has 0 atom stereocenters. The summed E-state index contributed by atoms with van der Waals surface area (Å²) in [6.07, 6.45) is 0.793. The first kappa shape index (κ1) is 28.2. The molecule has 1 amide bonds. The van der Waals surface area contributed by atoms with E-state index in [9.17, 15) is 9.18 Å². The Bertz CT molecular complexity index is 1090. The van der Waals surface area contributed by atoms with Gasteiger partial charge in [0, 0.05) is 31.9 Å². The van der Waals surface area contributed by atoms with E-state index in [-0.39, 0.29) is 36.3 Å². The zero-order valence-corrected chi connectivity index (χ0v) is 21.1. The van der Waals surface area contributed by atoms with E-state index in [1.165, 1.54) is 18.2 Å². The number of carbonyl (C=O) groups is 1. The van der Waals surface area contributed by atoms with Crippen LogP contribution in [-0.4, -0.2) is 50.6 Å². The molecule has 1 aliphatic heterocycles. The molecule has 1 heterocycles. The van der Waals surface area contributed by atoms with Crippen molar-refractivity contribution < 1.29 is 18.7 Å². The van der Waals surface area contributed by atoms with Gasteiger partial charge in [-0.15, -0.1) is 24.8 Å². The number of piperazine rings is 1. The average molecular weight is 522 g/mol. The van der Waals surface area contributed by atoms with Gasteiger partial charge >= 0.3 is 0 Å². The van der Waals surface area contributed by atoms with Crippen LogP contribution in [0.15, 0.2) is 66.7 Å². The van der Waals surface area contributed by atoms with Crippen molar-refractivity contribution in [3.63, 3.8) is 0 Å². The van der Waals surface area contributed by atoms with Gasteiger partial charge in [-0.2, -0.15) is 0 Å². The van der Waals surface area contributed by atoms with Gasteiger partial charge in [0.05, 0.1) is 12.7 Å². The Morgan fingerprint density at radius 1 is 0.886 bits per heavy atom. The molecule has 3 aromatic rings. The van der Waals surface area contributed by atoms with Crippen LogP contribution in [0.25, 0.3) is 0 Å². The fourth-order valence-corrected chi connectivity index (χ4v) is 3.89. The van der Waals surface area contributed by atoms with E-state index in [1.807, 2.05) is 48.5 Å². The number of hydrogen-bond donors (Lipinski definition) is 1. The first-order valence-electron chi connectivity index (χ1n) is 11.0. The number of ether oxygens (including phenoxy) is 2. The molecular weight excluding hydrogens is 492 g/mol. The molecule has 0 spiro atoms. The minimum absolute atomic E-state index is 0. The zero-order chi connectivity index (χ0) is 23.2. The number of hydrogen-bond acceptors (Lipinski definition) is 5. The van der Waals surface area contributed by atoms with E-state index >= 15 is 0 Å². The number of carbonyl (C=O) groups excluding carboxylic acids is 1. The monoisotopic (exact) mass is 521 g/mol. The van der Waals surface area contributed by atoms with Crippen molar-refractivity contribution in [3.05, 3.63) is 83.7 Å². The minimum atomic E-state index is -0.553. The minimum Gasteiger partial charge on any atom is -0.497 e. The topological polar surface area (TPSA) is 68.0 Å². The lowest BCUT2D eigenvalue weighted by atomic mass is 10.1. The third kappa shape index (κ3) is 7.01. The number of benzene rings is 3. The molecule has 0 bridgehead atoms. The Morgan fingerprint density at radius 2 is 1.49 bits per heavy atom. The summed E-state index contributed by atoms with van der Waals surface area (Å²) in [7, 11) is 1.64. The number of nitrogens with zero attached hydrogens (tertiary/aromatic N) is 2. The van der Waals surface area contributed by atoms with Gasteiger partial charge in [0.15, 0.2) is 0 Å². The largest absolute Gasteiger partial charge is 0.497 e. The van der Waals surface area contributed by atoms with Crippen molar-refractivity contribution in [3.8, 4) is 17.2 Å². The van der Waals surface area contributed by atoms with Gasteiger partial charge in [-0.3, -0.25) is 4.79 Å². The smallest absolute Gasteiger partial charge is 0.257 e. The SMILES string of the molecule is COc1ccc(N2CCN(C(=O)c3cc(Oc4ccc(CCN)cc4)ccc3F)CC2)cc1.Cl.Cl. The molecule has 0 unspecified atom stereocenters. The van der Waals surface area contributed by atoms with Crippen molar-refractivity contribution in [2.75, 3.05) is 44.7 Å². The van der Waals surface area contributed by atoms with Crippen molar-refractivity contribution in [1.82, 2.24) is 4.90 Å². The van der Waals surface area contributed by atoms with E-state index < -0.39 is 5.82 Å². The van der Waals surface area contributed by atoms with Gasteiger partial charge in [-0.1, -0.05) is 12.1 Å². The van der Waals surface area contributed by atoms with E-state index in [1.54, 1.807) is 12.0 Å². The first-order chi connectivity index (χ1) is 16.1. The van der Waals surface area contributed by atoms with Crippen LogP contribution in [0.5, 0.6) is 17.2 Å². The van der Waals surface area contributed by atoms with Crippen molar-refractivity contribution in [2.45, 2.75) is 6.42 Å². The van der Waals surface area contributed by atoms with Crippen LogP contribution < -0.4 is 20.1 Å². The molecule has 1 saturated heterocycles. The normalized spacial score (nSPS) is 12.9. The van der Waals surface area contributed by atoms with E-state index in [0.29, 0.717) is 44.2 Å². The standard InChI is InChI=1S/C26H28FN3O3.2ClH/c1-32-21-8-4-20(5-9-21)29-14-16-30(17-15-29)26(31)24-18-23(10-11-25(24)27)33-22-6-2-19(3-7-22)12-13-28;;/h2-11,18H,12-17,28H2,1H3;2*1H. The number of rotatable bonds is 7. The molecule has 0 radical (unpaired) electrons. The summed E-state index contributed by atoms with van der Waals surface area (Å²) < 4.78 is 25.6. The Labute approximate surface area is 217 Å². The molecule has 0 aromatic heterocycles. The highest BCUT2D eigenvalue weighted by Crippen LogP contribution is 2.26. The molecule has 188 valence electrons. The van der Waals surface area contributed by atoms with Gasteiger partial charge in [-0.05, 0) is 73.1 Å². The van der Waals surface area contributed by atoms with Crippen molar-refractivity contribution in [1.29, 1.82) is 0 Å². The highest BCUT2D eigenvalue weighted by atomic mass is 35.5. The fourth-order valence-electron chi connectivity index (χ4n) is 3.89. The van der Waals surface area contributed by atoms with Gasteiger partial charge in [0.1, 0.15) is 23.1 Å². The highest BCUT2D eigenvalue weighted by molar-refractivity contribution is 5.95. The van der Waals surface area contributed by atoms with E-state index in [2.05, 4.69) is 4.90 Å². The number of halogens is 3. The fraction of sp³-hybridized carbons (Fsp3) is 0.269. The molecule has 9 heteroatoms. The predicted molar refractivity (Wildman–Crippen MR) is 141 cm³/mol. The van der Waals surface area contributed by atoms with Crippen LogP contribution in [0.3, 0.4) is 0 Å². The van der Waals surface area contributed by atoms with Gasteiger partial charge in [0.2, 0.25) is 0 Å². The Kier molecular flexibility index (Phi) is 10.6. The van der Waals surface area contributed by atoms with Crippen LogP contribution >= 0.6 is 24.8 Å². The second-order valence-electron chi connectivity index (χ2n) is 7.90. The van der Waals surface area contributed by atoms with E-state index in [0.717, 1.165) is 23.4 Å².